The fourth-order valence-corrected chi connectivity index (χ4v) is 2.92. The SMILES string of the molecule is COc1ccc(Br)c(CN(CCCCl)C2CCC2)c1. The third kappa shape index (κ3) is 4.11. The molecule has 1 fully saturated rings. The molecule has 0 heterocycles. The van der Waals surface area contributed by atoms with E-state index >= 15 is 0 Å². The second-order valence-electron chi connectivity index (χ2n) is 5.06. The van der Waals surface area contributed by atoms with Gasteiger partial charge in [0, 0.05) is 22.9 Å². The van der Waals surface area contributed by atoms with Crippen LogP contribution in [0.1, 0.15) is 31.2 Å². The molecule has 106 valence electrons. The van der Waals surface area contributed by atoms with E-state index in [1.54, 1.807) is 7.11 Å². The molecule has 19 heavy (non-hydrogen) atoms. The summed E-state index contributed by atoms with van der Waals surface area (Å²) >= 11 is 9.47. The van der Waals surface area contributed by atoms with Gasteiger partial charge in [-0.25, -0.2) is 0 Å². The van der Waals surface area contributed by atoms with Gasteiger partial charge in [0.1, 0.15) is 5.75 Å². The summed E-state index contributed by atoms with van der Waals surface area (Å²) in [6, 6.07) is 6.91. The van der Waals surface area contributed by atoms with Crippen LogP contribution in [0.4, 0.5) is 0 Å². The Hall–Kier alpha value is -0.250. The van der Waals surface area contributed by atoms with Crippen molar-refractivity contribution in [2.75, 3.05) is 19.5 Å². The lowest BCUT2D eigenvalue weighted by Crippen LogP contribution is -2.40. The summed E-state index contributed by atoms with van der Waals surface area (Å²) in [7, 11) is 1.71. The molecule has 0 saturated heterocycles. The molecule has 1 aliphatic rings. The predicted molar refractivity (Wildman–Crippen MR) is 84.1 cm³/mol. The van der Waals surface area contributed by atoms with Gasteiger partial charge in [0.25, 0.3) is 0 Å². The summed E-state index contributed by atoms with van der Waals surface area (Å²) in [6.45, 7) is 2.05. The second kappa shape index (κ2) is 7.51. The lowest BCUT2D eigenvalue weighted by atomic mass is 9.91. The van der Waals surface area contributed by atoms with Crippen molar-refractivity contribution in [2.24, 2.45) is 0 Å². The quantitative estimate of drug-likeness (QED) is 0.677. The third-order valence-electron chi connectivity index (χ3n) is 3.80. The molecule has 0 radical (unpaired) electrons. The maximum atomic E-state index is 5.84. The summed E-state index contributed by atoms with van der Waals surface area (Å²) < 4.78 is 6.47. The molecule has 2 nitrogen and oxygen atoms in total. The van der Waals surface area contributed by atoms with E-state index in [0.717, 1.165) is 41.7 Å². The molecule has 1 aromatic carbocycles. The predicted octanol–water partition coefficient (Wildman–Crippen LogP) is 4.44. The standard InChI is InChI=1S/C15H21BrClNO/c1-19-14-6-7-15(16)12(10-14)11-18(9-3-8-17)13-4-2-5-13/h6-7,10,13H,2-5,8-9,11H2,1H3. The van der Waals surface area contributed by atoms with Crippen molar-refractivity contribution in [1.29, 1.82) is 0 Å². The third-order valence-corrected chi connectivity index (χ3v) is 4.84. The number of ether oxygens (including phenoxy) is 1. The van der Waals surface area contributed by atoms with Gasteiger partial charge in [-0.1, -0.05) is 22.4 Å². The average molecular weight is 347 g/mol. The van der Waals surface area contributed by atoms with Gasteiger partial charge >= 0.3 is 0 Å². The highest BCUT2D eigenvalue weighted by molar-refractivity contribution is 9.10. The Morgan fingerprint density at radius 1 is 1.42 bits per heavy atom. The zero-order valence-corrected chi connectivity index (χ0v) is 13.7. The van der Waals surface area contributed by atoms with E-state index in [1.165, 1.54) is 24.8 Å². The highest BCUT2D eigenvalue weighted by Crippen LogP contribution is 2.29. The van der Waals surface area contributed by atoms with Crippen LogP contribution < -0.4 is 4.74 Å². The van der Waals surface area contributed by atoms with Crippen LogP contribution in [0.3, 0.4) is 0 Å². The molecule has 0 bridgehead atoms. The van der Waals surface area contributed by atoms with Gasteiger partial charge in [0.15, 0.2) is 0 Å². The average Bonchev–Trinajstić information content (AvgIpc) is 2.36. The largest absolute Gasteiger partial charge is 0.497 e. The first kappa shape index (κ1) is 15.1. The lowest BCUT2D eigenvalue weighted by Gasteiger charge is -2.37. The van der Waals surface area contributed by atoms with Gasteiger partial charge in [-0.2, -0.15) is 0 Å². The molecule has 0 unspecified atom stereocenters. The molecule has 0 amide bonds. The van der Waals surface area contributed by atoms with Crippen molar-refractivity contribution >= 4 is 27.5 Å². The van der Waals surface area contributed by atoms with Crippen molar-refractivity contribution in [3.05, 3.63) is 28.2 Å². The van der Waals surface area contributed by atoms with E-state index < -0.39 is 0 Å². The molecular weight excluding hydrogens is 326 g/mol. The van der Waals surface area contributed by atoms with Crippen LogP contribution >= 0.6 is 27.5 Å². The second-order valence-corrected chi connectivity index (χ2v) is 6.29. The van der Waals surface area contributed by atoms with Gasteiger partial charge in [-0.05, 0) is 49.6 Å². The van der Waals surface area contributed by atoms with Crippen molar-refractivity contribution in [3.8, 4) is 5.75 Å². The molecule has 0 N–H and O–H groups in total. The van der Waals surface area contributed by atoms with Crippen LogP contribution in [0.5, 0.6) is 5.75 Å². The van der Waals surface area contributed by atoms with E-state index in [4.69, 9.17) is 16.3 Å². The summed E-state index contributed by atoms with van der Waals surface area (Å²) in [5, 5.41) is 0. The number of methoxy groups -OCH3 is 1. The van der Waals surface area contributed by atoms with Gasteiger partial charge in [0.2, 0.25) is 0 Å². The Bertz CT molecular complexity index is 409. The summed E-state index contributed by atoms with van der Waals surface area (Å²) in [4.78, 5) is 2.56. The first-order valence-corrected chi connectivity index (χ1v) is 8.19. The highest BCUT2D eigenvalue weighted by Gasteiger charge is 2.25. The lowest BCUT2D eigenvalue weighted by molar-refractivity contribution is 0.119. The number of nitrogens with zero attached hydrogens (tertiary/aromatic N) is 1. The Morgan fingerprint density at radius 3 is 2.79 bits per heavy atom. The van der Waals surface area contributed by atoms with Gasteiger partial charge < -0.3 is 4.74 Å². The molecule has 1 saturated carbocycles. The fraction of sp³-hybridized carbons (Fsp3) is 0.600. The minimum Gasteiger partial charge on any atom is -0.497 e. The zero-order chi connectivity index (χ0) is 13.7. The zero-order valence-electron chi connectivity index (χ0n) is 11.4. The fourth-order valence-electron chi connectivity index (χ4n) is 2.42. The minimum atomic E-state index is 0.737. The first-order valence-electron chi connectivity index (χ1n) is 6.87. The van der Waals surface area contributed by atoms with E-state index in [-0.39, 0.29) is 0 Å². The molecule has 1 aliphatic carbocycles. The normalized spacial score (nSPS) is 15.6. The van der Waals surface area contributed by atoms with Crippen molar-refractivity contribution in [3.63, 3.8) is 0 Å². The number of hydrogen-bond acceptors (Lipinski definition) is 2. The van der Waals surface area contributed by atoms with Crippen molar-refractivity contribution in [1.82, 2.24) is 4.90 Å². The molecular formula is C15H21BrClNO. The maximum Gasteiger partial charge on any atom is 0.119 e. The highest BCUT2D eigenvalue weighted by atomic mass is 79.9. The van der Waals surface area contributed by atoms with Gasteiger partial charge in [0.05, 0.1) is 7.11 Å². The number of hydrogen-bond donors (Lipinski definition) is 0. The van der Waals surface area contributed by atoms with Crippen LogP contribution in [0.2, 0.25) is 0 Å². The van der Waals surface area contributed by atoms with Crippen LogP contribution in [0.15, 0.2) is 22.7 Å². The van der Waals surface area contributed by atoms with E-state index in [2.05, 4.69) is 33.0 Å². The van der Waals surface area contributed by atoms with Crippen LogP contribution in [-0.4, -0.2) is 30.5 Å². The Labute approximate surface area is 129 Å². The first-order chi connectivity index (χ1) is 9.24. The van der Waals surface area contributed by atoms with Gasteiger partial charge in [-0.15, -0.1) is 11.6 Å². The number of rotatable bonds is 7. The molecule has 0 aromatic heterocycles. The number of benzene rings is 1. The van der Waals surface area contributed by atoms with Crippen LogP contribution in [0, 0.1) is 0 Å². The van der Waals surface area contributed by atoms with Crippen molar-refractivity contribution < 1.29 is 4.74 Å². The minimum absolute atomic E-state index is 0.737. The molecule has 0 atom stereocenters. The summed E-state index contributed by atoms with van der Waals surface area (Å²) in [5.41, 5.74) is 1.29. The maximum absolute atomic E-state index is 5.84. The van der Waals surface area contributed by atoms with Crippen molar-refractivity contribution in [2.45, 2.75) is 38.3 Å². The number of halogens is 2. The Kier molecular flexibility index (Phi) is 5.99. The van der Waals surface area contributed by atoms with Crippen LogP contribution in [-0.2, 0) is 6.54 Å². The van der Waals surface area contributed by atoms with E-state index in [0.29, 0.717) is 0 Å². The summed E-state index contributed by atoms with van der Waals surface area (Å²) in [5.74, 6) is 1.66. The monoisotopic (exact) mass is 345 g/mol. The Morgan fingerprint density at radius 2 is 2.21 bits per heavy atom. The van der Waals surface area contributed by atoms with Crippen LogP contribution in [0.25, 0.3) is 0 Å². The summed E-state index contributed by atoms with van der Waals surface area (Å²) in [6.07, 6.45) is 5.06. The van der Waals surface area contributed by atoms with Gasteiger partial charge in [-0.3, -0.25) is 4.90 Å². The number of alkyl halides is 1. The molecule has 0 spiro atoms. The van der Waals surface area contributed by atoms with E-state index in [1.807, 2.05) is 6.07 Å². The smallest absolute Gasteiger partial charge is 0.119 e. The molecule has 2 rings (SSSR count). The topological polar surface area (TPSA) is 12.5 Å². The molecule has 0 aliphatic heterocycles. The van der Waals surface area contributed by atoms with E-state index in [9.17, 15) is 0 Å². The molecule has 4 heteroatoms. The Balaban J connectivity index is 2.06. The molecule has 1 aromatic rings.